The molecule has 20 heavy (non-hydrogen) atoms. The predicted molar refractivity (Wildman–Crippen MR) is 75.2 cm³/mol. The van der Waals surface area contributed by atoms with E-state index >= 15 is 0 Å². The number of Topliss-reactive ketones (excluding diaryl/α,β-unsaturated/α-hetero) is 1. The van der Waals surface area contributed by atoms with Crippen LogP contribution in [0.5, 0.6) is 0 Å². The van der Waals surface area contributed by atoms with Gasteiger partial charge < -0.3 is 10.4 Å². The van der Waals surface area contributed by atoms with Crippen LogP contribution in [0.25, 0.3) is 0 Å². The minimum Gasteiger partial charge on any atom is -0.512 e. The van der Waals surface area contributed by atoms with Crippen molar-refractivity contribution in [2.75, 3.05) is 14.1 Å². The van der Waals surface area contributed by atoms with Crippen molar-refractivity contribution >= 4 is 11.6 Å². The second-order valence-corrected chi connectivity index (χ2v) is 5.41. The Morgan fingerprint density at radius 3 is 2.50 bits per heavy atom. The van der Waals surface area contributed by atoms with Crippen LogP contribution in [0.15, 0.2) is 28.1 Å². The Hall–Kier alpha value is -2.18. The number of nitro groups is 1. The largest absolute Gasteiger partial charge is 0.512 e. The first-order valence-electron chi connectivity index (χ1n) is 6.18. The molecule has 7 heteroatoms. The summed E-state index contributed by atoms with van der Waals surface area (Å²) in [4.78, 5) is 26.2. The molecule has 0 fully saturated rings. The van der Waals surface area contributed by atoms with Gasteiger partial charge in [-0.3, -0.25) is 19.9 Å². The highest BCUT2D eigenvalue weighted by Crippen LogP contribution is 2.36. The number of aliphatic hydroxyl groups excluding tert-OH is 1. The van der Waals surface area contributed by atoms with Crippen LogP contribution in [-0.2, 0) is 4.79 Å². The maximum absolute atomic E-state index is 12.0. The molecular formula is C13H19N3O4. The van der Waals surface area contributed by atoms with Crippen LogP contribution in [0.2, 0.25) is 0 Å². The van der Waals surface area contributed by atoms with Crippen LogP contribution < -0.4 is 5.32 Å². The minimum atomic E-state index is -0.633. The molecule has 0 heterocycles. The third-order valence-electron chi connectivity index (χ3n) is 3.08. The van der Waals surface area contributed by atoms with E-state index in [1.807, 2.05) is 13.8 Å². The van der Waals surface area contributed by atoms with Gasteiger partial charge >= 0.3 is 5.70 Å². The van der Waals surface area contributed by atoms with E-state index in [-0.39, 0.29) is 40.5 Å². The number of carbonyl (C=O) groups is 1. The fraction of sp³-hybridized carbons (Fsp3) is 0.538. The van der Waals surface area contributed by atoms with Crippen LogP contribution in [0.3, 0.4) is 0 Å². The van der Waals surface area contributed by atoms with Crippen LogP contribution in [0, 0.1) is 15.5 Å². The van der Waals surface area contributed by atoms with Gasteiger partial charge in [-0.25, -0.2) is 0 Å². The molecule has 0 bridgehead atoms. The molecule has 0 aliphatic heterocycles. The molecule has 110 valence electrons. The predicted octanol–water partition coefficient (Wildman–Crippen LogP) is 1.60. The van der Waals surface area contributed by atoms with Gasteiger partial charge in [-0.15, -0.1) is 0 Å². The summed E-state index contributed by atoms with van der Waals surface area (Å²) in [5.74, 6) is -0.366. The van der Waals surface area contributed by atoms with E-state index in [4.69, 9.17) is 0 Å². The molecular weight excluding hydrogens is 262 g/mol. The monoisotopic (exact) mass is 281 g/mol. The van der Waals surface area contributed by atoms with Gasteiger partial charge in [0.2, 0.25) is 0 Å². The molecule has 0 saturated carbocycles. The summed E-state index contributed by atoms with van der Waals surface area (Å²) in [7, 11) is 2.91. The summed E-state index contributed by atoms with van der Waals surface area (Å²) in [6, 6.07) is 0. The quantitative estimate of drug-likeness (QED) is 0.354. The highest BCUT2D eigenvalue weighted by Gasteiger charge is 2.33. The Morgan fingerprint density at radius 1 is 1.50 bits per heavy atom. The molecule has 1 aliphatic carbocycles. The van der Waals surface area contributed by atoms with E-state index in [1.165, 1.54) is 14.1 Å². The van der Waals surface area contributed by atoms with Crippen LogP contribution in [0.1, 0.15) is 26.7 Å². The van der Waals surface area contributed by atoms with Crippen molar-refractivity contribution in [3.8, 4) is 0 Å². The molecule has 0 radical (unpaired) electrons. The van der Waals surface area contributed by atoms with Crippen molar-refractivity contribution in [2.45, 2.75) is 26.7 Å². The number of aliphatic hydroxyl groups is 1. The fourth-order valence-electron chi connectivity index (χ4n) is 2.16. The number of allylic oxidation sites excluding steroid dienone is 3. The third-order valence-corrected chi connectivity index (χ3v) is 3.08. The minimum absolute atomic E-state index is 0.00701. The summed E-state index contributed by atoms with van der Waals surface area (Å²) in [5, 5.41) is 23.6. The van der Waals surface area contributed by atoms with Gasteiger partial charge in [-0.1, -0.05) is 13.8 Å². The van der Waals surface area contributed by atoms with E-state index in [0.717, 1.165) is 6.08 Å². The van der Waals surface area contributed by atoms with Crippen molar-refractivity contribution in [2.24, 2.45) is 10.4 Å². The summed E-state index contributed by atoms with van der Waals surface area (Å²) < 4.78 is 0. The topological polar surface area (TPSA) is 105 Å². The van der Waals surface area contributed by atoms with Crippen LogP contribution in [0.4, 0.5) is 0 Å². The van der Waals surface area contributed by atoms with Crippen molar-refractivity contribution in [3.05, 3.63) is 33.2 Å². The molecule has 0 saturated heterocycles. The number of ketones is 1. The summed E-state index contributed by atoms with van der Waals surface area (Å²) in [5.41, 5.74) is -0.685. The van der Waals surface area contributed by atoms with E-state index in [9.17, 15) is 20.0 Å². The Kier molecular flexibility index (Phi) is 4.65. The Morgan fingerprint density at radius 2 is 2.10 bits per heavy atom. The third kappa shape index (κ3) is 3.43. The molecule has 0 atom stereocenters. The smallest absolute Gasteiger partial charge is 0.311 e. The van der Waals surface area contributed by atoms with Gasteiger partial charge in [0.1, 0.15) is 5.76 Å². The lowest BCUT2D eigenvalue weighted by Crippen LogP contribution is -2.28. The summed E-state index contributed by atoms with van der Waals surface area (Å²) in [6.07, 6.45) is 1.64. The lowest BCUT2D eigenvalue weighted by molar-refractivity contribution is -0.415. The average molecular weight is 281 g/mol. The zero-order valence-corrected chi connectivity index (χ0v) is 12.1. The summed E-state index contributed by atoms with van der Waals surface area (Å²) in [6.45, 7) is 3.73. The number of likely N-dealkylation sites (N-methyl/N-ethyl adjacent to an activating group) is 1. The fourth-order valence-corrected chi connectivity index (χ4v) is 2.16. The first kappa shape index (κ1) is 15.9. The van der Waals surface area contributed by atoms with Gasteiger partial charge in [-0.2, -0.15) is 0 Å². The lowest BCUT2D eigenvalue weighted by atomic mass is 9.76. The highest BCUT2D eigenvalue weighted by molar-refractivity contribution is 6.03. The number of carbonyl (C=O) groups excluding carboxylic acids is 1. The van der Waals surface area contributed by atoms with Crippen LogP contribution >= 0.6 is 0 Å². The number of rotatable bonds is 3. The SMILES string of the molecule is CN=C(NC)/C(=C/C1=C(O)CC(C)(C)CC1=O)[N+](=O)[O-]. The van der Waals surface area contributed by atoms with Gasteiger partial charge in [0.05, 0.1) is 10.5 Å². The maximum Gasteiger partial charge on any atom is 0.311 e. The van der Waals surface area contributed by atoms with Gasteiger partial charge in [0.25, 0.3) is 0 Å². The van der Waals surface area contributed by atoms with E-state index < -0.39 is 4.92 Å². The summed E-state index contributed by atoms with van der Waals surface area (Å²) >= 11 is 0. The Bertz CT molecular complexity index is 530. The van der Waals surface area contributed by atoms with Gasteiger partial charge in [0.15, 0.2) is 11.6 Å². The molecule has 1 aliphatic rings. The van der Waals surface area contributed by atoms with Gasteiger partial charge in [-0.05, 0) is 5.41 Å². The van der Waals surface area contributed by atoms with Crippen LogP contribution in [-0.4, -0.2) is 35.7 Å². The zero-order valence-electron chi connectivity index (χ0n) is 12.1. The molecule has 0 aromatic rings. The standard InChI is InChI=1S/C13H19N3O4/c1-13(2)6-10(17)8(11(18)7-13)5-9(16(19)20)12(14-3)15-4/h5,17H,6-7H2,1-4H3,(H,14,15)/b9-5-. The number of nitrogens with one attached hydrogen (secondary N) is 1. The number of hydrogen-bond donors (Lipinski definition) is 2. The number of nitrogens with zero attached hydrogens (tertiary/aromatic N) is 2. The molecule has 0 spiro atoms. The zero-order chi connectivity index (χ0) is 15.5. The number of hydrogen-bond acceptors (Lipinski definition) is 5. The van der Waals surface area contributed by atoms with Crippen molar-refractivity contribution < 1.29 is 14.8 Å². The molecule has 0 unspecified atom stereocenters. The van der Waals surface area contributed by atoms with E-state index in [1.54, 1.807) is 0 Å². The molecule has 0 aromatic heterocycles. The second-order valence-electron chi connectivity index (χ2n) is 5.41. The first-order chi connectivity index (χ1) is 9.21. The highest BCUT2D eigenvalue weighted by atomic mass is 16.6. The van der Waals surface area contributed by atoms with Crippen molar-refractivity contribution in [1.82, 2.24) is 5.32 Å². The first-order valence-corrected chi connectivity index (χ1v) is 6.18. The normalized spacial score (nSPS) is 20.1. The maximum atomic E-state index is 12.0. The molecule has 0 amide bonds. The van der Waals surface area contributed by atoms with E-state index in [0.29, 0.717) is 6.42 Å². The van der Waals surface area contributed by atoms with E-state index in [2.05, 4.69) is 10.3 Å². The lowest BCUT2D eigenvalue weighted by Gasteiger charge is -2.28. The average Bonchev–Trinajstić information content (AvgIpc) is 2.30. The second kappa shape index (κ2) is 5.85. The van der Waals surface area contributed by atoms with Crippen molar-refractivity contribution in [3.63, 3.8) is 0 Å². The number of aliphatic imine (C=N–C) groups is 1. The van der Waals surface area contributed by atoms with Crippen molar-refractivity contribution in [1.29, 1.82) is 0 Å². The Balaban J connectivity index is 3.31. The molecule has 0 aromatic carbocycles. The number of amidine groups is 1. The Labute approximate surface area is 117 Å². The molecule has 1 rings (SSSR count). The molecule has 2 N–H and O–H groups in total. The molecule has 7 nitrogen and oxygen atoms in total. The van der Waals surface area contributed by atoms with Gasteiger partial charge in [0, 0.05) is 33.0 Å².